The Morgan fingerprint density at radius 3 is 2.56 bits per heavy atom. The van der Waals surface area contributed by atoms with Crippen molar-refractivity contribution in [3.05, 3.63) is 23.8 Å². The summed E-state index contributed by atoms with van der Waals surface area (Å²) in [6.45, 7) is 0. The number of likely N-dealkylation sites (N-methyl/N-ethyl adjacent to an activating group) is 1. The number of carbonyl (C=O) groups excluding carboxylic acids is 1. The van der Waals surface area contributed by atoms with Gasteiger partial charge in [0.1, 0.15) is 0 Å². The topological polar surface area (TPSA) is 76.4 Å². The first-order valence-electron chi connectivity index (χ1n) is 4.95. The molecule has 0 fully saturated rings. The van der Waals surface area contributed by atoms with Gasteiger partial charge >= 0.3 is 0 Å². The molecular weight excluding hydrogens is 206 g/mol. The van der Waals surface area contributed by atoms with Crippen LogP contribution in [0.25, 0.3) is 0 Å². The highest BCUT2D eigenvalue weighted by Crippen LogP contribution is 2.24. The van der Waals surface area contributed by atoms with Crippen LogP contribution < -0.4 is 16.4 Å². The number of ether oxygens (including phenoxy) is 1. The lowest BCUT2D eigenvalue weighted by Gasteiger charge is -2.15. The average molecular weight is 223 g/mol. The van der Waals surface area contributed by atoms with Crippen molar-refractivity contribution in [1.29, 1.82) is 0 Å². The number of hydrogen-bond donors (Lipinski definition) is 3. The molecule has 1 amide bonds. The summed E-state index contributed by atoms with van der Waals surface area (Å²) < 4.78 is 5.13. The lowest BCUT2D eigenvalue weighted by Crippen LogP contribution is -2.27. The fourth-order valence-electron chi connectivity index (χ4n) is 1.50. The summed E-state index contributed by atoms with van der Waals surface area (Å²) >= 11 is 0. The second-order valence-corrected chi connectivity index (χ2v) is 3.33. The third-order valence-corrected chi connectivity index (χ3v) is 2.37. The van der Waals surface area contributed by atoms with Gasteiger partial charge in [-0.05, 0) is 17.7 Å². The predicted molar refractivity (Wildman–Crippen MR) is 64.2 cm³/mol. The lowest BCUT2D eigenvalue weighted by molar-refractivity contribution is -0.130. The number of nitrogens with one attached hydrogen (secondary N) is 2. The van der Waals surface area contributed by atoms with Gasteiger partial charge in [0.25, 0.3) is 5.91 Å². The highest BCUT2D eigenvalue weighted by molar-refractivity contribution is 5.83. The molecule has 16 heavy (non-hydrogen) atoms. The van der Waals surface area contributed by atoms with Crippen LogP contribution in [-0.4, -0.2) is 27.1 Å². The van der Waals surface area contributed by atoms with Crippen molar-refractivity contribution < 1.29 is 9.53 Å². The number of anilines is 2. The predicted octanol–water partition coefficient (Wildman–Crippen LogP) is 0.744. The minimum Gasteiger partial charge on any atom is -0.397 e. The molecule has 0 heterocycles. The summed E-state index contributed by atoms with van der Waals surface area (Å²) in [5.74, 6) is -0.195. The fraction of sp³-hybridized carbons (Fsp3) is 0.364. The summed E-state index contributed by atoms with van der Waals surface area (Å²) in [5, 5.41) is 5.50. The summed E-state index contributed by atoms with van der Waals surface area (Å²) in [7, 11) is 4.85. The molecule has 0 aliphatic rings. The molecule has 0 saturated heterocycles. The van der Waals surface area contributed by atoms with Crippen molar-refractivity contribution in [1.82, 2.24) is 5.32 Å². The monoisotopic (exact) mass is 223 g/mol. The highest BCUT2D eigenvalue weighted by atomic mass is 16.5. The van der Waals surface area contributed by atoms with Gasteiger partial charge in [-0.1, -0.05) is 6.07 Å². The largest absolute Gasteiger partial charge is 0.397 e. The first kappa shape index (κ1) is 12.3. The van der Waals surface area contributed by atoms with Crippen LogP contribution in [0.5, 0.6) is 0 Å². The Balaban J connectivity index is 3.03. The average Bonchev–Trinajstić information content (AvgIpc) is 2.30. The second-order valence-electron chi connectivity index (χ2n) is 3.33. The number of nitrogen functional groups attached to an aromatic ring is 1. The van der Waals surface area contributed by atoms with Crippen LogP contribution in [0.15, 0.2) is 18.2 Å². The molecule has 1 aromatic carbocycles. The van der Waals surface area contributed by atoms with E-state index in [1.165, 1.54) is 7.11 Å². The zero-order valence-electron chi connectivity index (χ0n) is 9.70. The Hall–Kier alpha value is -1.75. The Morgan fingerprint density at radius 1 is 1.44 bits per heavy atom. The first-order chi connectivity index (χ1) is 7.63. The Morgan fingerprint density at radius 2 is 2.12 bits per heavy atom. The molecule has 1 unspecified atom stereocenters. The molecule has 4 N–H and O–H groups in total. The van der Waals surface area contributed by atoms with Crippen LogP contribution in [-0.2, 0) is 9.53 Å². The van der Waals surface area contributed by atoms with Gasteiger partial charge in [0, 0.05) is 21.2 Å². The molecule has 1 atom stereocenters. The van der Waals surface area contributed by atoms with Crippen molar-refractivity contribution in [2.45, 2.75) is 6.10 Å². The maximum absolute atomic E-state index is 11.5. The van der Waals surface area contributed by atoms with Crippen molar-refractivity contribution in [2.24, 2.45) is 0 Å². The maximum atomic E-state index is 11.5. The number of hydrogen-bond acceptors (Lipinski definition) is 4. The van der Waals surface area contributed by atoms with Gasteiger partial charge in [-0.25, -0.2) is 0 Å². The summed E-state index contributed by atoms with van der Waals surface area (Å²) in [5.41, 5.74) is 7.97. The number of methoxy groups -OCH3 is 1. The Kier molecular flexibility index (Phi) is 4.13. The molecule has 1 rings (SSSR count). The standard InChI is InChI=1S/C11H17N3O2/c1-13-9-5-4-7(6-8(9)12)10(16-3)11(15)14-2/h4-6,10,13H,12H2,1-3H3,(H,14,15). The number of benzene rings is 1. The fourth-order valence-corrected chi connectivity index (χ4v) is 1.50. The smallest absolute Gasteiger partial charge is 0.253 e. The van der Waals surface area contributed by atoms with Gasteiger partial charge in [-0.15, -0.1) is 0 Å². The Labute approximate surface area is 95.0 Å². The minimum atomic E-state index is -0.627. The van der Waals surface area contributed by atoms with Crippen LogP contribution in [0.2, 0.25) is 0 Å². The van der Waals surface area contributed by atoms with Crippen LogP contribution in [0.3, 0.4) is 0 Å². The molecule has 0 aromatic heterocycles. The molecule has 0 saturated carbocycles. The third-order valence-electron chi connectivity index (χ3n) is 2.37. The summed E-state index contributed by atoms with van der Waals surface area (Å²) in [6.07, 6.45) is -0.627. The molecule has 5 nitrogen and oxygen atoms in total. The Bertz CT molecular complexity index is 379. The second kappa shape index (κ2) is 5.37. The molecule has 0 spiro atoms. The zero-order chi connectivity index (χ0) is 12.1. The maximum Gasteiger partial charge on any atom is 0.253 e. The van der Waals surface area contributed by atoms with E-state index in [-0.39, 0.29) is 5.91 Å². The quantitative estimate of drug-likeness (QED) is 0.658. The van der Waals surface area contributed by atoms with E-state index in [1.807, 2.05) is 12.1 Å². The van der Waals surface area contributed by atoms with Gasteiger partial charge in [-0.2, -0.15) is 0 Å². The molecular formula is C11H17N3O2. The van der Waals surface area contributed by atoms with Gasteiger partial charge in [-0.3, -0.25) is 4.79 Å². The van der Waals surface area contributed by atoms with Crippen LogP contribution in [0, 0.1) is 0 Å². The van der Waals surface area contributed by atoms with E-state index < -0.39 is 6.10 Å². The normalized spacial score (nSPS) is 11.9. The van der Waals surface area contributed by atoms with Crippen LogP contribution in [0.1, 0.15) is 11.7 Å². The third kappa shape index (κ3) is 2.43. The van der Waals surface area contributed by atoms with E-state index in [0.717, 1.165) is 11.3 Å². The minimum absolute atomic E-state index is 0.195. The van der Waals surface area contributed by atoms with E-state index >= 15 is 0 Å². The molecule has 5 heteroatoms. The van der Waals surface area contributed by atoms with E-state index in [4.69, 9.17) is 10.5 Å². The van der Waals surface area contributed by atoms with Gasteiger partial charge in [0.05, 0.1) is 11.4 Å². The molecule has 88 valence electrons. The molecule has 1 aromatic rings. The summed E-state index contributed by atoms with van der Waals surface area (Å²) in [4.78, 5) is 11.5. The van der Waals surface area contributed by atoms with Gasteiger partial charge in [0.2, 0.25) is 0 Å². The van der Waals surface area contributed by atoms with E-state index in [9.17, 15) is 4.79 Å². The first-order valence-corrected chi connectivity index (χ1v) is 4.95. The van der Waals surface area contributed by atoms with E-state index in [1.54, 1.807) is 20.2 Å². The SMILES string of the molecule is CNC(=O)C(OC)c1ccc(NC)c(N)c1. The molecule has 0 radical (unpaired) electrons. The molecule has 0 aliphatic heterocycles. The van der Waals surface area contributed by atoms with Gasteiger partial charge in [0.15, 0.2) is 6.10 Å². The van der Waals surface area contributed by atoms with Crippen LogP contribution >= 0.6 is 0 Å². The zero-order valence-corrected chi connectivity index (χ0v) is 9.70. The number of nitrogens with two attached hydrogens (primary N) is 1. The summed E-state index contributed by atoms with van der Waals surface area (Å²) in [6, 6.07) is 5.36. The van der Waals surface area contributed by atoms with Crippen molar-refractivity contribution in [2.75, 3.05) is 32.3 Å². The number of amides is 1. The van der Waals surface area contributed by atoms with Crippen molar-refractivity contribution in [3.63, 3.8) is 0 Å². The molecule has 0 aliphatic carbocycles. The van der Waals surface area contributed by atoms with Crippen molar-refractivity contribution >= 4 is 17.3 Å². The highest BCUT2D eigenvalue weighted by Gasteiger charge is 2.19. The van der Waals surface area contributed by atoms with E-state index in [2.05, 4.69) is 10.6 Å². The lowest BCUT2D eigenvalue weighted by atomic mass is 10.1. The number of carbonyl (C=O) groups is 1. The van der Waals surface area contributed by atoms with Crippen LogP contribution in [0.4, 0.5) is 11.4 Å². The van der Waals surface area contributed by atoms with E-state index in [0.29, 0.717) is 5.69 Å². The number of rotatable bonds is 4. The molecule has 0 bridgehead atoms. The van der Waals surface area contributed by atoms with Gasteiger partial charge < -0.3 is 21.1 Å². The van der Waals surface area contributed by atoms with Crippen molar-refractivity contribution in [3.8, 4) is 0 Å².